The second kappa shape index (κ2) is 8.42. The Morgan fingerprint density at radius 1 is 1.05 bits per heavy atom. The summed E-state index contributed by atoms with van der Waals surface area (Å²) in [7, 11) is 0. The molecule has 1 unspecified atom stereocenters. The maximum absolute atomic E-state index is 12.9. The summed E-state index contributed by atoms with van der Waals surface area (Å²) in [5.41, 5.74) is 0.188. The van der Waals surface area contributed by atoms with Gasteiger partial charge < -0.3 is 5.32 Å². The predicted octanol–water partition coefficient (Wildman–Crippen LogP) is 5.57. The number of hydrogen-bond donors (Lipinski definition) is 1. The highest BCUT2D eigenvalue weighted by Gasteiger charge is 2.31. The fourth-order valence-corrected chi connectivity index (χ4v) is 2.90. The van der Waals surface area contributed by atoms with Crippen LogP contribution in [0.2, 0.25) is 0 Å². The van der Waals surface area contributed by atoms with Crippen LogP contribution in [-0.4, -0.2) is 6.54 Å². The minimum atomic E-state index is -4.28. The van der Waals surface area contributed by atoms with Crippen LogP contribution in [0.1, 0.15) is 63.6 Å². The standard InChI is InChI=1S/C17H26F3N/c1-4-8-13(9-5-2)16(21-6-3)14-10-7-11-15(12-14)17(18,19)20/h7,10-13,16,21H,4-6,8-9H2,1-3H3. The van der Waals surface area contributed by atoms with Crippen LogP contribution in [0.4, 0.5) is 13.2 Å². The van der Waals surface area contributed by atoms with Gasteiger partial charge in [-0.15, -0.1) is 0 Å². The summed E-state index contributed by atoms with van der Waals surface area (Å²) in [6, 6.07) is 5.75. The Bertz CT molecular complexity index is 409. The molecule has 0 saturated carbocycles. The third-order valence-corrected chi connectivity index (χ3v) is 3.79. The molecule has 1 N–H and O–H groups in total. The predicted molar refractivity (Wildman–Crippen MR) is 81.2 cm³/mol. The van der Waals surface area contributed by atoms with Gasteiger partial charge >= 0.3 is 6.18 Å². The molecule has 0 bridgehead atoms. The zero-order valence-electron chi connectivity index (χ0n) is 13.1. The zero-order chi connectivity index (χ0) is 15.9. The van der Waals surface area contributed by atoms with Crippen LogP contribution in [0.25, 0.3) is 0 Å². The number of hydrogen-bond acceptors (Lipinski definition) is 1. The van der Waals surface area contributed by atoms with Crippen molar-refractivity contribution in [3.63, 3.8) is 0 Å². The van der Waals surface area contributed by atoms with Crippen LogP contribution in [0.3, 0.4) is 0 Å². The molecule has 0 aromatic heterocycles. The highest BCUT2D eigenvalue weighted by molar-refractivity contribution is 5.28. The molecule has 1 atom stereocenters. The fourth-order valence-electron chi connectivity index (χ4n) is 2.90. The van der Waals surface area contributed by atoms with Crippen LogP contribution in [-0.2, 0) is 6.18 Å². The second-order valence-corrected chi connectivity index (χ2v) is 5.50. The molecule has 0 spiro atoms. The molecule has 0 amide bonds. The van der Waals surface area contributed by atoms with Gasteiger partial charge in [0.25, 0.3) is 0 Å². The van der Waals surface area contributed by atoms with Gasteiger partial charge in [0, 0.05) is 6.04 Å². The van der Waals surface area contributed by atoms with Crippen molar-refractivity contribution in [3.05, 3.63) is 35.4 Å². The lowest BCUT2D eigenvalue weighted by Gasteiger charge is -2.28. The van der Waals surface area contributed by atoms with Crippen molar-refractivity contribution in [2.45, 2.75) is 58.7 Å². The summed E-state index contributed by atoms with van der Waals surface area (Å²) in [5, 5.41) is 3.38. The molecule has 4 heteroatoms. The van der Waals surface area contributed by atoms with E-state index in [1.54, 1.807) is 6.07 Å². The normalized spacial score (nSPS) is 13.7. The highest BCUT2D eigenvalue weighted by atomic mass is 19.4. The lowest BCUT2D eigenvalue weighted by atomic mass is 9.85. The number of halogens is 3. The minimum Gasteiger partial charge on any atom is -0.310 e. The topological polar surface area (TPSA) is 12.0 Å². The van der Waals surface area contributed by atoms with Crippen LogP contribution in [0.5, 0.6) is 0 Å². The Morgan fingerprint density at radius 3 is 2.14 bits per heavy atom. The molecule has 0 radical (unpaired) electrons. The van der Waals surface area contributed by atoms with Gasteiger partial charge in [0.15, 0.2) is 0 Å². The molecule has 0 aliphatic heterocycles. The van der Waals surface area contributed by atoms with Crippen LogP contribution in [0.15, 0.2) is 24.3 Å². The molecular formula is C17H26F3N. The van der Waals surface area contributed by atoms with Gasteiger partial charge in [-0.3, -0.25) is 0 Å². The van der Waals surface area contributed by atoms with Crippen LogP contribution >= 0.6 is 0 Å². The van der Waals surface area contributed by atoms with Crippen molar-refractivity contribution >= 4 is 0 Å². The third kappa shape index (κ3) is 5.34. The SMILES string of the molecule is CCCC(CCC)C(NCC)c1cccc(C(F)(F)F)c1. The van der Waals surface area contributed by atoms with Gasteiger partial charge in [0.1, 0.15) is 0 Å². The molecule has 120 valence electrons. The summed E-state index contributed by atoms with van der Waals surface area (Å²) in [5.74, 6) is 0.378. The molecule has 1 aromatic carbocycles. The Labute approximate surface area is 125 Å². The van der Waals surface area contributed by atoms with E-state index in [4.69, 9.17) is 0 Å². The summed E-state index contributed by atoms with van der Waals surface area (Å²) >= 11 is 0. The van der Waals surface area contributed by atoms with Gasteiger partial charge in [-0.2, -0.15) is 13.2 Å². The first-order chi connectivity index (χ1) is 9.93. The summed E-state index contributed by atoms with van der Waals surface area (Å²) < 4.78 is 38.7. The molecule has 0 aliphatic carbocycles. The highest BCUT2D eigenvalue weighted by Crippen LogP contribution is 2.34. The van der Waals surface area contributed by atoms with Crippen molar-refractivity contribution in [1.82, 2.24) is 5.32 Å². The molecule has 0 fully saturated rings. The van der Waals surface area contributed by atoms with E-state index in [1.165, 1.54) is 12.1 Å². The van der Waals surface area contributed by atoms with E-state index < -0.39 is 11.7 Å². The Kier molecular flexibility index (Phi) is 7.23. The van der Waals surface area contributed by atoms with E-state index in [-0.39, 0.29) is 6.04 Å². The van der Waals surface area contributed by atoms with E-state index >= 15 is 0 Å². The van der Waals surface area contributed by atoms with Crippen molar-refractivity contribution in [3.8, 4) is 0 Å². The van der Waals surface area contributed by atoms with E-state index in [9.17, 15) is 13.2 Å². The van der Waals surface area contributed by atoms with Gasteiger partial charge in [-0.1, -0.05) is 45.7 Å². The van der Waals surface area contributed by atoms with E-state index in [2.05, 4.69) is 19.2 Å². The van der Waals surface area contributed by atoms with E-state index in [1.807, 2.05) is 6.92 Å². The van der Waals surface area contributed by atoms with E-state index in [0.29, 0.717) is 5.92 Å². The second-order valence-electron chi connectivity index (χ2n) is 5.50. The molecule has 1 aromatic rings. The smallest absolute Gasteiger partial charge is 0.310 e. The quantitative estimate of drug-likeness (QED) is 0.661. The molecule has 21 heavy (non-hydrogen) atoms. The number of rotatable bonds is 8. The van der Waals surface area contributed by atoms with Gasteiger partial charge in [0.2, 0.25) is 0 Å². The van der Waals surface area contributed by atoms with Gasteiger partial charge in [-0.25, -0.2) is 0 Å². The first kappa shape index (κ1) is 18.0. The lowest BCUT2D eigenvalue weighted by Crippen LogP contribution is -2.28. The van der Waals surface area contributed by atoms with Crippen molar-refractivity contribution in [1.29, 1.82) is 0 Å². The zero-order valence-corrected chi connectivity index (χ0v) is 13.1. The minimum absolute atomic E-state index is 0.00259. The molecule has 1 nitrogen and oxygen atoms in total. The first-order valence-electron chi connectivity index (χ1n) is 7.84. The number of nitrogens with one attached hydrogen (secondary N) is 1. The van der Waals surface area contributed by atoms with Crippen molar-refractivity contribution < 1.29 is 13.2 Å². The van der Waals surface area contributed by atoms with Crippen molar-refractivity contribution in [2.24, 2.45) is 5.92 Å². The Morgan fingerprint density at radius 2 is 1.67 bits per heavy atom. The average molecular weight is 301 g/mol. The van der Waals surface area contributed by atoms with Crippen LogP contribution < -0.4 is 5.32 Å². The summed E-state index contributed by atoms with van der Waals surface area (Å²) in [4.78, 5) is 0. The van der Waals surface area contributed by atoms with Crippen LogP contribution in [0, 0.1) is 5.92 Å². The van der Waals surface area contributed by atoms with E-state index in [0.717, 1.165) is 43.9 Å². The van der Waals surface area contributed by atoms with Gasteiger partial charge in [0.05, 0.1) is 5.56 Å². The summed E-state index contributed by atoms with van der Waals surface area (Å²) in [6.07, 6.45) is -0.127. The maximum atomic E-state index is 12.9. The summed E-state index contributed by atoms with van der Waals surface area (Å²) in [6.45, 7) is 7.00. The number of benzene rings is 1. The lowest BCUT2D eigenvalue weighted by molar-refractivity contribution is -0.137. The molecule has 0 heterocycles. The Hall–Kier alpha value is -1.03. The average Bonchev–Trinajstić information content (AvgIpc) is 2.44. The molecule has 0 saturated heterocycles. The van der Waals surface area contributed by atoms with Crippen molar-refractivity contribution in [2.75, 3.05) is 6.54 Å². The first-order valence-corrected chi connectivity index (χ1v) is 7.84. The molecular weight excluding hydrogens is 275 g/mol. The largest absolute Gasteiger partial charge is 0.416 e. The molecule has 1 rings (SSSR count). The fraction of sp³-hybridized carbons (Fsp3) is 0.647. The molecule has 0 aliphatic rings. The third-order valence-electron chi connectivity index (χ3n) is 3.79. The Balaban J connectivity index is 3.08. The van der Waals surface area contributed by atoms with Gasteiger partial charge in [-0.05, 0) is 43.0 Å². The monoisotopic (exact) mass is 301 g/mol. The maximum Gasteiger partial charge on any atom is 0.416 e. The number of alkyl halides is 3.